The summed E-state index contributed by atoms with van der Waals surface area (Å²) in [5, 5.41) is 5.98. The van der Waals surface area contributed by atoms with Crippen molar-refractivity contribution in [2.75, 3.05) is 18.9 Å². The third-order valence-corrected chi connectivity index (χ3v) is 4.19. The fourth-order valence-corrected chi connectivity index (χ4v) is 2.93. The van der Waals surface area contributed by atoms with E-state index >= 15 is 0 Å². The standard InChI is InChI=1S/C18H21N3O2/c1-19-10-9-12-5-7-13(8-6-12)21-18(23)14-11-20-15-3-2-4-16(22)17(14)15/h5-8,11,19-20H,2-4,9-10H2,1H3,(H,21,23). The van der Waals surface area contributed by atoms with Gasteiger partial charge in [-0.3, -0.25) is 9.59 Å². The average Bonchev–Trinajstić information content (AvgIpc) is 3.00. The minimum atomic E-state index is -0.235. The molecule has 120 valence electrons. The number of ketones is 1. The Kier molecular flexibility index (Phi) is 4.57. The van der Waals surface area contributed by atoms with E-state index in [4.69, 9.17) is 0 Å². The second-order valence-electron chi connectivity index (χ2n) is 5.84. The maximum Gasteiger partial charge on any atom is 0.257 e. The summed E-state index contributed by atoms with van der Waals surface area (Å²) in [6.45, 7) is 0.920. The molecule has 1 aliphatic rings. The molecule has 0 radical (unpaired) electrons. The number of H-pyrrole nitrogens is 1. The van der Waals surface area contributed by atoms with E-state index in [1.54, 1.807) is 6.20 Å². The van der Waals surface area contributed by atoms with Gasteiger partial charge in [-0.15, -0.1) is 0 Å². The van der Waals surface area contributed by atoms with Crippen LogP contribution in [0.2, 0.25) is 0 Å². The SMILES string of the molecule is CNCCc1ccc(NC(=O)c2c[nH]c3c2C(=O)CCC3)cc1. The van der Waals surface area contributed by atoms with Crippen LogP contribution >= 0.6 is 0 Å². The number of Topliss-reactive ketones (excluding diaryl/α,β-unsaturated/α-hetero) is 1. The summed E-state index contributed by atoms with van der Waals surface area (Å²) in [5.74, 6) is -0.180. The fraction of sp³-hybridized carbons (Fsp3) is 0.333. The number of aromatic nitrogens is 1. The number of likely N-dealkylation sites (N-methyl/N-ethyl adjacent to an activating group) is 1. The molecule has 1 amide bonds. The van der Waals surface area contributed by atoms with Crippen molar-refractivity contribution < 1.29 is 9.59 Å². The molecule has 0 unspecified atom stereocenters. The van der Waals surface area contributed by atoms with Crippen LogP contribution in [0.1, 0.15) is 44.8 Å². The number of anilines is 1. The molecule has 1 aromatic carbocycles. The quantitative estimate of drug-likeness (QED) is 0.794. The first kappa shape index (κ1) is 15.5. The Morgan fingerprint density at radius 3 is 2.74 bits per heavy atom. The highest BCUT2D eigenvalue weighted by molar-refractivity contribution is 6.13. The van der Waals surface area contributed by atoms with Gasteiger partial charge in [0.15, 0.2) is 5.78 Å². The second-order valence-corrected chi connectivity index (χ2v) is 5.84. The molecule has 5 nitrogen and oxygen atoms in total. The van der Waals surface area contributed by atoms with Gasteiger partial charge < -0.3 is 15.6 Å². The normalized spacial score (nSPS) is 13.7. The number of hydrogen-bond donors (Lipinski definition) is 3. The van der Waals surface area contributed by atoms with Gasteiger partial charge in [0.05, 0.1) is 11.1 Å². The molecule has 0 fully saturated rings. The molecule has 1 heterocycles. The van der Waals surface area contributed by atoms with E-state index in [9.17, 15) is 9.59 Å². The van der Waals surface area contributed by atoms with E-state index < -0.39 is 0 Å². The van der Waals surface area contributed by atoms with Crippen LogP contribution in [-0.2, 0) is 12.8 Å². The predicted octanol–water partition coefficient (Wildman–Crippen LogP) is 2.55. The molecule has 0 saturated carbocycles. The molecule has 0 saturated heterocycles. The van der Waals surface area contributed by atoms with Crippen molar-refractivity contribution >= 4 is 17.4 Å². The number of hydrogen-bond acceptors (Lipinski definition) is 3. The number of aromatic amines is 1. The lowest BCUT2D eigenvalue weighted by atomic mass is 9.93. The first-order valence-corrected chi connectivity index (χ1v) is 7.97. The van der Waals surface area contributed by atoms with E-state index in [1.807, 2.05) is 31.3 Å². The van der Waals surface area contributed by atoms with Crippen molar-refractivity contribution in [2.24, 2.45) is 0 Å². The van der Waals surface area contributed by atoms with Crippen LogP contribution < -0.4 is 10.6 Å². The lowest BCUT2D eigenvalue weighted by molar-refractivity contribution is 0.0956. The van der Waals surface area contributed by atoms with Gasteiger partial charge in [-0.1, -0.05) is 12.1 Å². The number of benzene rings is 1. The number of fused-ring (bicyclic) bond motifs is 1. The van der Waals surface area contributed by atoms with Crippen LogP contribution in [0.4, 0.5) is 5.69 Å². The van der Waals surface area contributed by atoms with Gasteiger partial charge in [-0.05, 0) is 50.6 Å². The summed E-state index contributed by atoms with van der Waals surface area (Å²) < 4.78 is 0. The van der Waals surface area contributed by atoms with Gasteiger partial charge >= 0.3 is 0 Å². The summed E-state index contributed by atoms with van der Waals surface area (Å²) >= 11 is 0. The number of rotatable bonds is 5. The number of nitrogens with one attached hydrogen (secondary N) is 3. The zero-order valence-corrected chi connectivity index (χ0v) is 13.2. The Morgan fingerprint density at radius 2 is 2.00 bits per heavy atom. The first-order chi connectivity index (χ1) is 11.2. The highest BCUT2D eigenvalue weighted by Gasteiger charge is 2.25. The summed E-state index contributed by atoms with van der Waals surface area (Å²) in [6.07, 6.45) is 4.79. The van der Waals surface area contributed by atoms with Crippen LogP contribution in [0.5, 0.6) is 0 Å². The monoisotopic (exact) mass is 311 g/mol. The van der Waals surface area contributed by atoms with Crippen LogP contribution in [0.3, 0.4) is 0 Å². The van der Waals surface area contributed by atoms with Crippen LogP contribution in [0.15, 0.2) is 30.5 Å². The van der Waals surface area contributed by atoms with E-state index in [0.717, 1.165) is 37.2 Å². The summed E-state index contributed by atoms with van der Waals surface area (Å²) in [5.41, 5.74) is 3.85. The number of aryl methyl sites for hydroxylation is 1. The molecule has 0 bridgehead atoms. The topological polar surface area (TPSA) is 74.0 Å². The van der Waals surface area contributed by atoms with Crippen LogP contribution in [0, 0.1) is 0 Å². The Hall–Kier alpha value is -2.40. The number of amides is 1. The number of carbonyl (C=O) groups is 2. The van der Waals surface area contributed by atoms with Gasteiger partial charge in [0.25, 0.3) is 5.91 Å². The van der Waals surface area contributed by atoms with Crippen molar-refractivity contribution in [3.63, 3.8) is 0 Å². The minimum absolute atomic E-state index is 0.0556. The highest BCUT2D eigenvalue weighted by Crippen LogP contribution is 2.24. The molecule has 5 heteroatoms. The molecule has 1 aromatic heterocycles. The predicted molar refractivity (Wildman–Crippen MR) is 90.1 cm³/mol. The van der Waals surface area contributed by atoms with E-state index in [-0.39, 0.29) is 11.7 Å². The average molecular weight is 311 g/mol. The molecule has 2 aromatic rings. The second kappa shape index (κ2) is 6.79. The van der Waals surface area contributed by atoms with Crippen molar-refractivity contribution in [2.45, 2.75) is 25.7 Å². The molecule has 0 aliphatic heterocycles. The number of carbonyl (C=O) groups excluding carboxylic acids is 2. The van der Waals surface area contributed by atoms with Crippen LogP contribution in [-0.4, -0.2) is 30.3 Å². The third kappa shape index (κ3) is 3.35. The van der Waals surface area contributed by atoms with Crippen molar-refractivity contribution in [1.29, 1.82) is 0 Å². The zero-order chi connectivity index (χ0) is 16.2. The zero-order valence-electron chi connectivity index (χ0n) is 13.2. The molecule has 3 rings (SSSR count). The third-order valence-electron chi connectivity index (χ3n) is 4.19. The van der Waals surface area contributed by atoms with E-state index in [0.29, 0.717) is 17.5 Å². The smallest absolute Gasteiger partial charge is 0.257 e. The van der Waals surface area contributed by atoms with Gasteiger partial charge in [0.2, 0.25) is 0 Å². The van der Waals surface area contributed by atoms with Crippen molar-refractivity contribution in [3.05, 3.63) is 52.8 Å². The van der Waals surface area contributed by atoms with E-state index in [1.165, 1.54) is 5.56 Å². The summed E-state index contributed by atoms with van der Waals surface area (Å²) in [7, 11) is 1.92. The molecule has 0 spiro atoms. The van der Waals surface area contributed by atoms with Crippen LogP contribution in [0.25, 0.3) is 0 Å². The highest BCUT2D eigenvalue weighted by atomic mass is 16.2. The van der Waals surface area contributed by atoms with Gasteiger partial charge in [-0.25, -0.2) is 0 Å². The maximum atomic E-state index is 12.5. The van der Waals surface area contributed by atoms with Crippen molar-refractivity contribution in [1.82, 2.24) is 10.3 Å². The molecular formula is C18H21N3O2. The fourth-order valence-electron chi connectivity index (χ4n) is 2.93. The summed E-state index contributed by atoms with van der Waals surface area (Å²) in [4.78, 5) is 27.6. The van der Waals surface area contributed by atoms with Gasteiger partial charge in [-0.2, -0.15) is 0 Å². The molecule has 3 N–H and O–H groups in total. The van der Waals surface area contributed by atoms with Gasteiger partial charge in [0.1, 0.15) is 0 Å². The van der Waals surface area contributed by atoms with Crippen molar-refractivity contribution in [3.8, 4) is 0 Å². The Balaban J connectivity index is 1.72. The lowest BCUT2D eigenvalue weighted by Crippen LogP contribution is -2.18. The molecule has 1 aliphatic carbocycles. The van der Waals surface area contributed by atoms with Gasteiger partial charge in [0, 0.05) is 24.0 Å². The molecule has 0 atom stereocenters. The Labute approximate surface area is 135 Å². The Morgan fingerprint density at radius 1 is 1.22 bits per heavy atom. The minimum Gasteiger partial charge on any atom is -0.364 e. The Bertz CT molecular complexity index is 716. The first-order valence-electron chi connectivity index (χ1n) is 7.97. The largest absolute Gasteiger partial charge is 0.364 e. The molecular weight excluding hydrogens is 290 g/mol. The maximum absolute atomic E-state index is 12.5. The summed E-state index contributed by atoms with van der Waals surface area (Å²) in [6, 6.07) is 7.79. The molecule has 23 heavy (non-hydrogen) atoms. The van der Waals surface area contributed by atoms with E-state index in [2.05, 4.69) is 15.6 Å². The lowest BCUT2D eigenvalue weighted by Gasteiger charge is -2.12.